The Morgan fingerprint density at radius 2 is 2.09 bits per heavy atom. The number of aromatic nitrogens is 4. The molecule has 7 heteroatoms. The van der Waals surface area contributed by atoms with Crippen molar-refractivity contribution in [2.75, 3.05) is 0 Å². The molecule has 6 nitrogen and oxygen atoms in total. The highest BCUT2D eigenvalue weighted by Gasteiger charge is 2.10. The lowest BCUT2D eigenvalue weighted by Crippen LogP contribution is -2.15. The van der Waals surface area contributed by atoms with Crippen molar-refractivity contribution in [3.63, 3.8) is 0 Å². The minimum absolute atomic E-state index is 0.0526. The van der Waals surface area contributed by atoms with Crippen LogP contribution in [0, 0.1) is 6.92 Å². The zero-order valence-corrected chi connectivity index (χ0v) is 12.8. The topological polar surface area (TPSA) is 69.9 Å². The van der Waals surface area contributed by atoms with Crippen molar-refractivity contribution >= 4 is 17.3 Å². The van der Waals surface area contributed by atoms with Crippen LogP contribution in [-0.2, 0) is 22.7 Å². The summed E-state index contributed by atoms with van der Waals surface area (Å²) in [5.41, 5.74) is 3.01. The molecule has 112 valence electrons. The third-order valence-electron chi connectivity index (χ3n) is 3.02. The van der Waals surface area contributed by atoms with Crippen LogP contribution in [0.2, 0.25) is 0 Å². The fourth-order valence-electron chi connectivity index (χ4n) is 1.83. The number of carbonyl (C=O) groups excluding carboxylic acids is 1. The van der Waals surface area contributed by atoms with Gasteiger partial charge in [0.05, 0.1) is 0 Å². The van der Waals surface area contributed by atoms with E-state index < -0.39 is 5.97 Å². The van der Waals surface area contributed by atoms with Crippen LogP contribution in [0.15, 0.2) is 41.1 Å². The van der Waals surface area contributed by atoms with Crippen LogP contribution in [0.3, 0.4) is 0 Å². The van der Waals surface area contributed by atoms with Gasteiger partial charge in [-0.3, -0.25) is 0 Å². The summed E-state index contributed by atoms with van der Waals surface area (Å²) in [5.74, 6) is 0.113. The number of hydrogen-bond acceptors (Lipinski definition) is 6. The number of tetrazole rings is 1. The lowest BCUT2D eigenvalue weighted by molar-refractivity contribution is -0.146. The summed E-state index contributed by atoms with van der Waals surface area (Å²) >= 11 is 1.56. The van der Waals surface area contributed by atoms with Gasteiger partial charge in [0.25, 0.3) is 0 Å². The van der Waals surface area contributed by atoms with E-state index in [4.69, 9.17) is 4.74 Å². The second kappa shape index (κ2) is 6.48. The van der Waals surface area contributed by atoms with E-state index in [0.717, 1.165) is 11.1 Å². The van der Waals surface area contributed by atoms with Gasteiger partial charge in [0, 0.05) is 10.9 Å². The Kier molecular flexibility index (Phi) is 4.24. The molecule has 0 spiro atoms. The maximum absolute atomic E-state index is 11.8. The molecule has 0 aliphatic heterocycles. The second-order valence-corrected chi connectivity index (χ2v) is 5.58. The minimum Gasteiger partial charge on any atom is -0.459 e. The van der Waals surface area contributed by atoms with Crippen molar-refractivity contribution in [3.8, 4) is 11.4 Å². The minimum atomic E-state index is -0.394. The molecule has 2 heterocycles. The molecular formula is C15H14N4O2S. The van der Waals surface area contributed by atoms with Crippen molar-refractivity contribution < 1.29 is 9.53 Å². The van der Waals surface area contributed by atoms with Gasteiger partial charge in [-0.2, -0.15) is 16.1 Å². The quantitative estimate of drug-likeness (QED) is 0.677. The number of rotatable bonds is 5. The zero-order valence-electron chi connectivity index (χ0n) is 12.0. The molecule has 0 saturated heterocycles. The van der Waals surface area contributed by atoms with Crippen molar-refractivity contribution in [2.24, 2.45) is 0 Å². The first kappa shape index (κ1) is 14.4. The Morgan fingerprint density at radius 1 is 1.27 bits per heavy atom. The molecule has 0 N–H and O–H groups in total. The SMILES string of the molecule is Cc1ccc(COC(=O)Cn2nnc(-c3ccsc3)n2)cc1. The van der Waals surface area contributed by atoms with Crippen molar-refractivity contribution in [1.29, 1.82) is 0 Å². The normalized spacial score (nSPS) is 10.6. The molecule has 0 aliphatic rings. The molecule has 0 amide bonds. The van der Waals surface area contributed by atoms with E-state index in [9.17, 15) is 4.79 Å². The number of aryl methyl sites for hydroxylation is 1. The van der Waals surface area contributed by atoms with Gasteiger partial charge in [0.1, 0.15) is 6.61 Å². The van der Waals surface area contributed by atoms with Crippen LogP contribution >= 0.6 is 11.3 Å². The highest BCUT2D eigenvalue weighted by Crippen LogP contribution is 2.16. The highest BCUT2D eigenvalue weighted by molar-refractivity contribution is 7.08. The summed E-state index contributed by atoms with van der Waals surface area (Å²) in [4.78, 5) is 13.0. The first-order valence-electron chi connectivity index (χ1n) is 6.72. The summed E-state index contributed by atoms with van der Waals surface area (Å²) in [5, 5.41) is 15.8. The predicted molar refractivity (Wildman–Crippen MR) is 82.1 cm³/mol. The molecule has 0 fully saturated rings. The monoisotopic (exact) mass is 314 g/mol. The van der Waals surface area contributed by atoms with Crippen LogP contribution < -0.4 is 0 Å². The smallest absolute Gasteiger partial charge is 0.330 e. The van der Waals surface area contributed by atoms with E-state index >= 15 is 0 Å². The average molecular weight is 314 g/mol. The van der Waals surface area contributed by atoms with Crippen LogP contribution in [0.4, 0.5) is 0 Å². The fourth-order valence-corrected chi connectivity index (χ4v) is 2.46. The lowest BCUT2D eigenvalue weighted by Gasteiger charge is -2.04. The van der Waals surface area contributed by atoms with Crippen molar-refractivity contribution in [2.45, 2.75) is 20.1 Å². The average Bonchev–Trinajstić information content (AvgIpc) is 3.17. The Hall–Kier alpha value is -2.54. The van der Waals surface area contributed by atoms with Crippen LogP contribution in [0.5, 0.6) is 0 Å². The van der Waals surface area contributed by atoms with Crippen molar-refractivity contribution in [3.05, 3.63) is 52.2 Å². The number of nitrogens with zero attached hydrogens (tertiary/aromatic N) is 4. The molecule has 0 bridgehead atoms. The van der Waals surface area contributed by atoms with Crippen LogP contribution in [-0.4, -0.2) is 26.2 Å². The van der Waals surface area contributed by atoms with E-state index in [1.165, 1.54) is 10.4 Å². The third kappa shape index (κ3) is 3.56. The Morgan fingerprint density at radius 3 is 2.82 bits per heavy atom. The molecule has 22 heavy (non-hydrogen) atoms. The molecule has 0 atom stereocenters. The van der Waals surface area contributed by atoms with E-state index in [-0.39, 0.29) is 13.2 Å². The molecule has 0 unspecified atom stereocenters. The molecule has 2 aromatic heterocycles. The number of ether oxygens (including phenoxy) is 1. The van der Waals surface area contributed by atoms with Crippen LogP contribution in [0.25, 0.3) is 11.4 Å². The van der Waals surface area contributed by atoms with Gasteiger partial charge >= 0.3 is 5.97 Å². The number of carbonyl (C=O) groups is 1. The van der Waals surface area contributed by atoms with Gasteiger partial charge in [0.2, 0.25) is 5.82 Å². The van der Waals surface area contributed by atoms with Crippen molar-refractivity contribution in [1.82, 2.24) is 20.2 Å². The molecule has 3 rings (SSSR count). The second-order valence-electron chi connectivity index (χ2n) is 4.80. The van der Waals surface area contributed by atoms with E-state index in [1.54, 1.807) is 11.3 Å². The maximum Gasteiger partial charge on any atom is 0.330 e. The number of hydrogen-bond donors (Lipinski definition) is 0. The molecule has 0 radical (unpaired) electrons. The largest absolute Gasteiger partial charge is 0.459 e. The van der Waals surface area contributed by atoms with Gasteiger partial charge in [-0.25, -0.2) is 4.79 Å². The summed E-state index contributed by atoms with van der Waals surface area (Å²) in [6.07, 6.45) is 0. The molecule has 0 saturated carbocycles. The number of benzene rings is 1. The van der Waals surface area contributed by atoms with Crippen LogP contribution in [0.1, 0.15) is 11.1 Å². The highest BCUT2D eigenvalue weighted by atomic mass is 32.1. The molecule has 0 aliphatic carbocycles. The van der Waals surface area contributed by atoms with Gasteiger partial charge in [-0.05, 0) is 29.1 Å². The third-order valence-corrected chi connectivity index (χ3v) is 3.71. The summed E-state index contributed by atoms with van der Waals surface area (Å²) in [7, 11) is 0. The van der Waals surface area contributed by atoms with E-state index in [2.05, 4.69) is 15.4 Å². The van der Waals surface area contributed by atoms with Gasteiger partial charge in [-0.1, -0.05) is 29.8 Å². The zero-order chi connectivity index (χ0) is 15.4. The summed E-state index contributed by atoms with van der Waals surface area (Å²) in [6.45, 7) is 2.20. The lowest BCUT2D eigenvalue weighted by atomic mass is 10.2. The Labute approximate surface area is 131 Å². The molecular weight excluding hydrogens is 300 g/mol. The van der Waals surface area contributed by atoms with E-state index in [1.807, 2.05) is 48.0 Å². The summed E-state index contributed by atoms with van der Waals surface area (Å²) < 4.78 is 5.21. The first-order valence-corrected chi connectivity index (χ1v) is 7.66. The standard InChI is InChI=1S/C15H14N4O2S/c1-11-2-4-12(5-3-11)9-21-14(20)8-19-17-15(16-18-19)13-6-7-22-10-13/h2-7,10H,8-9H2,1H3. The maximum atomic E-state index is 11.8. The van der Waals surface area contributed by atoms with Gasteiger partial charge in [-0.15, -0.1) is 10.2 Å². The van der Waals surface area contributed by atoms with E-state index in [0.29, 0.717) is 5.82 Å². The summed E-state index contributed by atoms with van der Waals surface area (Å²) in [6, 6.07) is 9.74. The predicted octanol–water partition coefficient (Wildman–Crippen LogP) is 2.45. The molecule has 3 aromatic rings. The first-order chi connectivity index (χ1) is 10.7. The number of thiophene rings is 1. The molecule has 1 aromatic carbocycles. The Bertz CT molecular complexity index is 750. The number of esters is 1. The van der Waals surface area contributed by atoms with Gasteiger partial charge < -0.3 is 4.74 Å². The van der Waals surface area contributed by atoms with Gasteiger partial charge in [0.15, 0.2) is 6.54 Å². The fraction of sp³-hybridized carbons (Fsp3) is 0.200. The Balaban J connectivity index is 1.54.